The minimum Gasteiger partial charge on any atom is -0.484 e. The Hall–Kier alpha value is -2.03. The van der Waals surface area contributed by atoms with E-state index in [1.54, 1.807) is 17.1 Å². The first-order valence-electron chi connectivity index (χ1n) is 6.42. The number of para-hydroxylation sites is 2. The van der Waals surface area contributed by atoms with Crippen LogP contribution in [0.3, 0.4) is 0 Å². The quantitative estimate of drug-likeness (QED) is 0.601. The molecule has 0 radical (unpaired) electrons. The molecule has 1 aromatic carbocycles. The number of fused-ring (bicyclic) bond motifs is 1. The summed E-state index contributed by atoms with van der Waals surface area (Å²) < 4.78 is 5.89. The van der Waals surface area contributed by atoms with Crippen LogP contribution in [-0.4, -0.2) is 18.1 Å². The van der Waals surface area contributed by atoms with Gasteiger partial charge in [-0.15, -0.1) is 0 Å². The van der Waals surface area contributed by atoms with E-state index in [2.05, 4.69) is 0 Å². The molecule has 0 fully saturated rings. The minimum atomic E-state index is -0.377. The van der Waals surface area contributed by atoms with Crippen molar-refractivity contribution in [2.45, 2.75) is 26.4 Å². The second-order valence-corrected chi connectivity index (χ2v) is 5.14. The molecule has 19 heavy (non-hydrogen) atoms. The van der Waals surface area contributed by atoms with E-state index in [4.69, 9.17) is 4.74 Å². The van der Waals surface area contributed by atoms with E-state index in [1.165, 1.54) is 0 Å². The fourth-order valence-electron chi connectivity index (χ4n) is 2.10. The molecule has 0 unspecified atom stereocenters. The summed E-state index contributed by atoms with van der Waals surface area (Å²) in [5, 5.41) is 0. The zero-order valence-corrected chi connectivity index (χ0v) is 11.6. The van der Waals surface area contributed by atoms with Crippen LogP contribution in [0.4, 0.5) is 5.69 Å². The molecular weight excluding hydrogens is 238 g/mol. The molecule has 1 aliphatic rings. The summed E-state index contributed by atoms with van der Waals surface area (Å²) in [7, 11) is 0. The second-order valence-electron chi connectivity index (χ2n) is 5.14. The number of ether oxygens (including phenoxy) is 1. The average molecular weight is 257 g/mol. The maximum absolute atomic E-state index is 12.3. The molecule has 2 rings (SSSR count). The van der Waals surface area contributed by atoms with Gasteiger partial charge < -0.3 is 9.64 Å². The number of allylic oxidation sites excluding steroid dienone is 3. The van der Waals surface area contributed by atoms with Gasteiger partial charge in [0.1, 0.15) is 11.4 Å². The lowest BCUT2D eigenvalue weighted by Gasteiger charge is -2.39. The summed E-state index contributed by atoms with van der Waals surface area (Å²) in [4.78, 5) is 14.0. The summed E-state index contributed by atoms with van der Waals surface area (Å²) in [6, 6.07) is 7.63. The lowest BCUT2D eigenvalue weighted by molar-refractivity contribution is -0.115. The molecule has 0 spiro atoms. The Bertz CT molecular complexity index is 529. The van der Waals surface area contributed by atoms with Crippen LogP contribution >= 0.6 is 0 Å². The van der Waals surface area contributed by atoms with Gasteiger partial charge in [-0.05, 0) is 32.9 Å². The topological polar surface area (TPSA) is 29.5 Å². The van der Waals surface area contributed by atoms with Crippen LogP contribution in [-0.2, 0) is 4.79 Å². The van der Waals surface area contributed by atoms with Gasteiger partial charge in [0.05, 0.1) is 12.2 Å². The van der Waals surface area contributed by atoms with Crippen LogP contribution in [0.15, 0.2) is 48.6 Å². The van der Waals surface area contributed by atoms with Gasteiger partial charge in [0.2, 0.25) is 0 Å². The van der Waals surface area contributed by atoms with Crippen molar-refractivity contribution in [3.05, 3.63) is 48.6 Å². The van der Waals surface area contributed by atoms with Gasteiger partial charge >= 0.3 is 0 Å². The monoisotopic (exact) mass is 257 g/mol. The number of nitrogens with zero attached hydrogens (tertiary/aromatic N) is 1. The molecule has 100 valence electrons. The molecule has 0 aromatic heterocycles. The maximum atomic E-state index is 12.3. The van der Waals surface area contributed by atoms with E-state index < -0.39 is 0 Å². The average Bonchev–Trinajstić information content (AvgIpc) is 2.37. The molecule has 3 nitrogen and oxygen atoms in total. The number of anilines is 1. The van der Waals surface area contributed by atoms with Crippen molar-refractivity contribution in [3.63, 3.8) is 0 Å². The van der Waals surface area contributed by atoms with E-state index in [9.17, 15) is 4.79 Å². The zero-order valence-electron chi connectivity index (χ0n) is 11.6. The summed E-state index contributed by atoms with van der Waals surface area (Å²) in [5.41, 5.74) is 0.454. The van der Waals surface area contributed by atoms with Crippen LogP contribution in [0, 0.1) is 0 Å². The van der Waals surface area contributed by atoms with Gasteiger partial charge in [-0.3, -0.25) is 4.79 Å². The fraction of sp³-hybridized carbons (Fsp3) is 0.312. The van der Waals surface area contributed by atoms with Crippen LogP contribution < -0.4 is 9.64 Å². The van der Waals surface area contributed by atoms with E-state index >= 15 is 0 Å². The van der Waals surface area contributed by atoms with Gasteiger partial charge in [-0.1, -0.05) is 30.4 Å². The highest BCUT2D eigenvalue weighted by atomic mass is 16.5. The first kappa shape index (κ1) is 13.4. The van der Waals surface area contributed by atoms with Gasteiger partial charge in [0.15, 0.2) is 0 Å². The van der Waals surface area contributed by atoms with Crippen molar-refractivity contribution in [2.24, 2.45) is 0 Å². The summed E-state index contributed by atoms with van der Waals surface area (Å²) in [6.45, 7) is 6.43. The minimum absolute atomic E-state index is 0.0260. The van der Waals surface area contributed by atoms with Crippen molar-refractivity contribution < 1.29 is 9.53 Å². The molecule has 3 heteroatoms. The Morgan fingerprint density at radius 3 is 2.79 bits per heavy atom. The highest BCUT2D eigenvalue weighted by Crippen LogP contribution is 2.36. The van der Waals surface area contributed by atoms with E-state index in [1.807, 2.05) is 57.2 Å². The van der Waals surface area contributed by atoms with Gasteiger partial charge in [-0.25, -0.2) is 0 Å². The molecule has 1 heterocycles. The number of rotatable bonds is 2. The molecule has 1 aromatic rings. The normalized spacial score (nSPS) is 17.5. The molecule has 0 saturated heterocycles. The lowest BCUT2D eigenvalue weighted by atomic mass is 10.0. The smallest absolute Gasteiger partial charge is 0.251 e. The van der Waals surface area contributed by atoms with Crippen LogP contribution in [0.1, 0.15) is 20.8 Å². The van der Waals surface area contributed by atoms with Gasteiger partial charge in [-0.2, -0.15) is 0 Å². The number of carbonyl (C=O) groups excluding carboxylic acids is 1. The Morgan fingerprint density at radius 2 is 2.05 bits per heavy atom. The Labute approximate surface area is 114 Å². The van der Waals surface area contributed by atoms with Gasteiger partial charge in [0.25, 0.3) is 5.91 Å². The number of benzene rings is 1. The maximum Gasteiger partial charge on any atom is 0.251 e. The third-order valence-corrected chi connectivity index (χ3v) is 2.89. The fourth-order valence-corrected chi connectivity index (χ4v) is 2.10. The summed E-state index contributed by atoms with van der Waals surface area (Å²) in [5.74, 6) is 0.730. The van der Waals surface area contributed by atoms with Crippen LogP contribution in [0.5, 0.6) is 5.75 Å². The molecule has 0 saturated carbocycles. The Morgan fingerprint density at radius 1 is 1.32 bits per heavy atom. The summed E-state index contributed by atoms with van der Waals surface area (Å²) >= 11 is 0. The molecule has 0 aliphatic carbocycles. The molecule has 1 aliphatic heterocycles. The third-order valence-electron chi connectivity index (χ3n) is 2.89. The van der Waals surface area contributed by atoms with E-state index in [0.29, 0.717) is 6.54 Å². The van der Waals surface area contributed by atoms with Crippen molar-refractivity contribution >= 4 is 11.6 Å². The van der Waals surface area contributed by atoms with Crippen LogP contribution in [0.2, 0.25) is 0 Å². The van der Waals surface area contributed by atoms with Crippen LogP contribution in [0.25, 0.3) is 0 Å². The third kappa shape index (κ3) is 3.05. The zero-order chi connectivity index (χ0) is 13.9. The second kappa shape index (κ2) is 5.31. The summed E-state index contributed by atoms with van der Waals surface area (Å²) in [6.07, 6.45) is 7.07. The standard InChI is InChI=1S/C16H19NO2/c1-4-5-6-11-15(18)17-12-16(2,3)19-14-10-8-7-9-13(14)17/h4-11H,12H2,1-3H3/b5-4+,11-6+. The SMILES string of the molecule is C/C=C/C=C/C(=O)N1CC(C)(C)Oc2ccccc21. The largest absolute Gasteiger partial charge is 0.484 e. The first-order chi connectivity index (χ1) is 9.03. The Kier molecular flexibility index (Phi) is 3.74. The van der Waals surface area contributed by atoms with Crippen molar-refractivity contribution in [1.82, 2.24) is 0 Å². The molecule has 0 bridgehead atoms. The highest BCUT2D eigenvalue weighted by molar-refractivity contribution is 6.03. The molecular formula is C16H19NO2. The van der Waals surface area contributed by atoms with Crippen molar-refractivity contribution in [3.8, 4) is 5.75 Å². The van der Waals surface area contributed by atoms with Gasteiger partial charge in [0, 0.05) is 6.08 Å². The molecule has 0 N–H and O–H groups in total. The number of amides is 1. The van der Waals surface area contributed by atoms with E-state index in [0.717, 1.165) is 11.4 Å². The number of carbonyl (C=O) groups is 1. The Balaban J connectivity index is 2.32. The lowest BCUT2D eigenvalue weighted by Crippen LogP contribution is -2.48. The number of hydrogen-bond donors (Lipinski definition) is 0. The first-order valence-corrected chi connectivity index (χ1v) is 6.42. The number of hydrogen-bond acceptors (Lipinski definition) is 2. The predicted molar refractivity (Wildman–Crippen MR) is 77.5 cm³/mol. The highest BCUT2D eigenvalue weighted by Gasteiger charge is 2.33. The molecule has 1 amide bonds. The predicted octanol–water partition coefficient (Wildman–Crippen LogP) is 3.32. The molecule has 0 atom stereocenters. The van der Waals surface area contributed by atoms with E-state index in [-0.39, 0.29) is 11.5 Å². The van der Waals surface area contributed by atoms with Crippen molar-refractivity contribution in [1.29, 1.82) is 0 Å². The van der Waals surface area contributed by atoms with Crippen molar-refractivity contribution in [2.75, 3.05) is 11.4 Å².